The fourth-order valence-corrected chi connectivity index (χ4v) is 2.23. The van der Waals surface area contributed by atoms with Crippen LogP contribution in [0.25, 0.3) is 0 Å². The number of hydrogen-bond acceptors (Lipinski definition) is 5. The molecule has 6 heteroatoms. The van der Waals surface area contributed by atoms with Crippen LogP contribution in [0.2, 0.25) is 0 Å². The number of carbonyl (C=O) groups excluding carboxylic acids is 1. The van der Waals surface area contributed by atoms with Crippen molar-refractivity contribution in [1.82, 2.24) is 5.32 Å². The van der Waals surface area contributed by atoms with Crippen molar-refractivity contribution >= 4 is 5.97 Å². The maximum absolute atomic E-state index is 12.0. The molecule has 0 bridgehead atoms. The van der Waals surface area contributed by atoms with E-state index in [2.05, 4.69) is 5.32 Å². The second-order valence-electron chi connectivity index (χ2n) is 4.34. The van der Waals surface area contributed by atoms with Crippen molar-refractivity contribution < 1.29 is 14.5 Å². The zero-order valence-electron chi connectivity index (χ0n) is 11.1. The van der Waals surface area contributed by atoms with Crippen LogP contribution >= 0.6 is 0 Å². The highest BCUT2D eigenvalue weighted by molar-refractivity contribution is 5.92. The van der Waals surface area contributed by atoms with Crippen LogP contribution < -0.4 is 5.32 Å². The van der Waals surface area contributed by atoms with Crippen molar-refractivity contribution in [2.24, 2.45) is 0 Å². The van der Waals surface area contributed by atoms with E-state index in [1.165, 1.54) is 13.3 Å². The van der Waals surface area contributed by atoms with Crippen LogP contribution in [0.1, 0.15) is 18.4 Å². The lowest BCUT2D eigenvalue weighted by molar-refractivity contribution is -0.429. The molecule has 1 aromatic carbocycles. The number of hydrogen-bond donors (Lipinski definition) is 1. The van der Waals surface area contributed by atoms with Crippen LogP contribution in [0.4, 0.5) is 0 Å². The Labute approximate surface area is 115 Å². The third-order valence-corrected chi connectivity index (χ3v) is 3.17. The van der Waals surface area contributed by atoms with Crippen LogP contribution in [-0.4, -0.2) is 18.0 Å². The fraction of sp³-hybridized carbons (Fsp3) is 0.214. The fourth-order valence-electron chi connectivity index (χ4n) is 2.23. The minimum absolute atomic E-state index is 0.0813. The molecule has 0 spiro atoms. The zero-order chi connectivity index (χ0) is 14.7. The van der Waals surface area contributed by atoms with Gasteiger partial charge < -0.3 is 10.1 Å². The third kappa shape index (κ3) is 2.40. The highest BCUT2D eigenvalue weighted by atomic mass is 16.6. The number of carbonyl (C=O) groups is 1. The van der Waals surface area contributed by atoms with Gasteiger partial charge in [0.05, 0.1) is 23.8 Å². The van der Waals surface area contributed by atoms with Gasteiger partial charge in [0.15, 0.2) is 0 Å². The first kappa shape index (κ1) is 13.8. The minimum atomic E-state index is -0.736. The number of esters is 1. The monoisotopic (exact) mass is 274 g/mol. The van der Waals surface area contributed by atoms with Gasteiger partial charge in [-0.05, 0) is 12.5 Å². The minimum Gasteiger partial charge on any atom is -0.466 e. The summed E-state index contributed by atoms with van der Waals surface area (Å²) in [7, 11) is 1.26. The molecule has 0 aliphatic carbocycles. The number of benzene rings is 1. The van der Waals surface area contributed by atoms with Crippen LogP contribution in [-0.2, 0) is 9.53 Å². The first-order valence-electron chi connectivity index (χ1n) is 6.01. The van der Waals surface area contributed by atoms with E-state index in [0.717, 1.165) is 0 Å². The maximum atomic E-state index is 12.0. The molecule has 1 atom stereocenters. The summed E-state index contributed by atoms with van der Waals surface area (Å²) in [6.07, 6.45) is 1.32. The molecule has 20 heavy (non-hydrogen) atoms. The molecule has 6 nitrogen and oxygen atoms in total. The Bertz CT molecular complexity index is 605. The summed E-state index contributed by atoms with van der Waals surface area (Å²) in [5.74, 6) is -1.31. The highest BCUT2D eigenvalue weighted by Gasteiger charge is 2.38. The molecule has 0 saturated heterocycles. The van der Waals surface area contributed by atoms with Crippen LogP contribution in [0.5, 0.6) is 0 Å². The topological polar surface area (TPSA) is 81.5 Å². The van der Waals surface area contributed by atoms with Gasteiger partial charge in [0.25, 0.3) is 5.70 Å². The molecule has 104 valence electrons. The van der Waals surface area contributed by atoms with Gasteiger partial charge in [0.1, 0.15) is 5.92 Å². The van der Waals surface area contributed by atoms with Gasteiger partial charge in [-0.15, -0.1) is 0 Å². The summed E-state index contributed by atoms with van der Waals surface area (Å²) in [6.45, 7) is 1.69. The number of nitro groups is 1. The maximum Gasteiger partial charge on any atom is 0.336 e. The summed E-state index contributed by atoms with van der Waals surface area (Å²) in [5.41, 5.74) is 1.41. The Morgan fingerprint density at radius 2 is 2.00 bits per heavy atom. The molecule has 0 radical (unpaired) electrons. The van der Waals surface area contributed by atoms with Crippen molar-refractivity contribution in [1.29, 1.82) is 0 Å². The van der Waals surface area contributed by atoms with E-state index < -0.39 is 16.8 Å². The number of ether oxygens (including phenoxy) is 1. The summed E-state index contributed by atoms with van der Waals surface area (Å²) >= 11 is 0. The average molecular weight is 274 g/mol. The van der Waals surface area contributed by atoms with Crippen molar-refractivity contribution in [3.63, 3.8) is 0 Å². The molecular weight excluding hydrogens is 260 g/mol. The zero-order valence-corrected chi connectivity index (χ0v) is 11.1. The van der Waals surface area contributed by atoms with Gasteiger partial charge in [0, 0.05) is 5.70 Å². The Balaban J connectivity index is 2.58. The van der Waals surface area contributed by atoms with E-state index in [1.807, 2.05) is 6.07 Å². The predicted molar refractivity (Wildman–Crippen MR) is 72.1 cm³/mol. The smallest absolute Gasteiger partial charge is 0.336 e. The van der Waals surface area contributed by atoms with Crippen molar-refractivity contribution in [2.45, 2.75) is 12.8 Å². The van der Waals surface area contributed by atoms with E-state index >= 15 is 0 Å². The first-order valence-corrected chi connectivity index (χ1v) is 6.01. The third-order valence-electron chi connectivity index (χ3n) is 3.17. The van der Waals surface area contributed by atoms with Gasteiger partial charge in [-0.25, -0.2) is 4.79 Å². The van der Waals surface area contributed by atoms with Gasteiger partial charge in [-0.3, -0.25) is 10.1 Å². The standard InChI is InChI=1S/C14H14N2O4/c1-9-12(14(17)20-2)13(10-6-4-3-5-7-10)11(8-15-9)16(18)19/h3-8,13,15H,1-2H3. The molecule has 1 aliphatic rings. The molecule has 1 aliphatic heterocycles. The largest absolute Gasteiger partial charge is 0.466 e. The summed E-state index contributed by atoms with van der Waals surface area (Å²) < 4.78 is 4.75. The van der Waals surface area contributed by atoms with Crippen molar-refractivity contribution in [3.8, 4) is 0 Å². The van der Waals surface area contributed by atoms with Crippen molar-refractivity contribution in [3.05, 3.63) is 69.2 Å². The van der Waals surface area contributed by atoms with E-state index in [1.54, 1.807) is 31.2 Å². The number of rotatable bonds is 3. The van der Waals surface area contributed by atoms with E-state index in [0.29, 0.717) is 11.3 Å². The van der Waals surface area contributed by atoms with Gasteiger partial charge >= 0.3 is 5.97 Å². The summed E-state index contributed by atoms with van der Waals surface area (Å²) in [4.78, 5) is 22.7. The number of allylic oxidation sites excluding steroid dienone is 2. The number of dihydropyridines is 1. The Kier molecular flexibility index (Phi) is 3.84. The van der Waals surface area contributed by atoms with Gasteiger partial charge in [-0.1, -0.05) is 30.3 Å². The number of nitrogens with one attached hydrogen (secondary N) is 1. The lowest BCUT2D eigenvalue weighted by Crippen LogP contribution is -2.28. The Morgan fingerprint density at radius 1 is 1.35 bits per heavy atom. The predicted octanol–water partition coefficient (Wildman–Crippen LogP) is 1.94. The van der Waals surface area contributed by atoms with Crippen LogP contribution in [0.15, 0.2) is 53.5 Å². The van der Waals surface area contributed by atoms with Crippen LogP contribution in [0.3, 0.4) is 0 Å². The highest BCUT2D eigenvalue weighted by Crippen LogP contribution is 2.36. The Hall–Kier alpha value is -2.63. The average Bonchev–Trinajstić information content (AvgIpc) is 2.46. The first-order chi connectivity index (χ1) is 9.56. The second kappa shape index (κ2) is 5.56. The van der Waals surface area contributed by atoms with E-state index in [-0.39, 0.29) is 11.3 Å². The van der Waals surface area contributed by atoms with Crippen LogP contribution in [0, 0.1) is 10.1 Å². The second-order valence-corrected chi connectivity index (χ2v) is 4.34. The molecule has 2 rings (SSSR count). The number of methoxy groups -OCH3 is 1. The van der Waals surface area contributed by atoms with Gasteiger partial charge in [-0.2, -0.15) is 0 Å². The normalized spacial score (nSPS) is 18.1. The quantitative estimate of drug-likeness (QED) is 0.517. The molecule has 1 N–H and O–H groups in total. The Morgan fingerprint density at radius 3 is 2.55 bits per heavy atom. The van der Waals surface area contributed by atoms with E-state index in [9.17, 15) is 14.9 Å². The molecule has 0 fully saturated rings. The summed E-state index contributed by atoms with van der Waals surface area (Å²) in [5, 5.41) is 14.0. The molecule has 1 aromatic rings. The SMILES string of the molecule is COC(=O)C1=C(C)NC=C([N+](=O)[O-])C1c1ccccc1. The van der Waals surface area contributed by atoms with E-state index in [4.69, 9.17) is 4.74 Å². The molecule has 0 amide bonds. The van der Waals surface area contributed by atoms with Crippen molar-refractivity contribution in [2.75, 3.05) is 7.11 Å². The summed E-state index contributed by atoms with van der Waals surface area (Å²) in [6, 6.07) is 8.87. The molecule has 1 heterocycles. The molecule has 1 unspecified atom stereocenters. The lowest BCUT2D eigenvalue weighted by atomic mass is 9.85. The van der Waals surface area contributed by atoms with Gasteiger partial charge in [0.2, 0.25) is 0 Å². The lowest BCUT2D eigenvalue weighted by Gasteiger charge is -2.23. The molecular formula is C14H14N2O4. The molecule has 0 aromatic heterocycles. The molecule has 0 saturated carbocycles. The number of nitrogens with zero attached hydrogens (tertiary/aromatic N) is 1.